The third-order valence-electron chi connectivity index (χ3n) is 2.40. The van der Waals surface area contributed by atoms with Crippen molar-refractivity contribution in [1.29, 1.82) is 0 Å². The molecule has 19 heavy (non-hydrogen) atoms. The minimum absolute atomic E-state index is 0.326. The van der Waals surface area contributed by atoms with Crippen molar-refractivity contribution in [3.63, 3.8) is 0 Å². The molecule has 0 aliphatic rings. The van der Waals surface area contributed by atoms with E-state index in [1.54, 1.807) is 18.3 Å². The van der Waals surface area contributed by atoms with Crippen LogP contribution in [0.3, 0.4) is 0 Å². The molecule has 0 fully saturated rings. The molecule has 0 unspecified atom stereocenters. The summed E-state index contributed by atoms with van der Waals surface area (Å²) in [5.41, 5.74) is 7.34. The summed E-state index contributed by atoms with van der Waals surface area (Å²) in [7, 11) is 0. The van der Waals surface area contributed by atoms with Gasteiger partial charge in [-0.25, -0.2) is 4.98 Å². The molecule has 0 bridgehead atoms. The standard InChI is InChI=1S/C12H8BrN5O/c13-8-2-1-5-15-10(8)11-17-12(19-18-11)9-4-3-7(14)6-16-9/h1-6H,14H2. The fourth-order valence-corrected chi connectivity index (χ4v) is 1.94. The van der Waals surface area contributed by atoms with Gasteiger partial charge in [0.2, 0.25) is 5.82 Å². The van der Waals surface area contributed by atoms with Crippen LogP contribution >= 0.6 is 15.9 Å². The maximum atomic E-state index is 5.58. The minimum Gasteiger partial charge on any atom is -0.397 e. The summed E-state index contributed by atoms with van der Waals surface area (Å²) in [6.07, 6.45) is 3.20. The number of anilines is 1. The van der Waals surface area contributed by atoms with Crippen molar-refractivity contribution in [2.45, 2.75) is 0 Å². The first-order valence-electron chi connectivity index (χ1n) is 5.40. The Morgan fingerprint density at radius 2 is 2.05 bits per heavy atom. The van der Waals surface area contributed by atoms with Gasteiger partial charge in [-0.15, -0.1) is 0 Å². The van der Waals surface area contributed by atoms with E-state index in [4.69, 9.17) is 10.3 Å². The highest BCUT2D eigenvalue weighted by Crippen LogP contribution is 2.25. The second kappa shape index (κ2) is 4.77. The molecule has 0 aromatic carbocycles. The molecular weight excluding hydrogens is 310 g/mol. The van der Waals surface area contributed by atoms with Crippen LogP contribution in [0.15, 0.2) is 45.7 Å². The van der Waals surface area contributed by atoms with Gasteiger partial charge in [0.25, 0.3) is 5.89 Å². The highest BCUT2D eigenvalue weighted by atomic mass is 79.9. The largest absolute Gasteiger partial charge is 0.397 e. The third-order valence-corrected chi connectivity index (χ3v) is 3.04. The number of halogens is 1. The Labute approximate surface area is 116 Å². The van der Waals surface area contributed by atoms with E-state index in [0.717, 1.165) is 4.47 Å². The van der Waals surface area contributed by atoms with E-state index in [-0.39, 0.29) is 0 Å². The highest BCUT2D eigenvalue weighted by Gasteiger charge is 2.14. The second-order valence-electron chi connectivity index (χ2n) is 3.73. The van der Waals surface area contributed by atoms with Crippen LogP contribution in [-0.2, 0) is 0 Å². The van der Waals surface area contributed by atoms with Crippen LogP contribution in [0.5, 0.6) is 0 Å². The SMILES string of the molecule is Nc1ccc(-c2nc(-c3ncccc3Br)no2)nc1. The fraction of sp³-hybridized carbons (Fsp3) is 0. The summed E-state index contributed by atoms with van der Waals surface area (Å²) in [6, 6.07) is 7.12. The minimum atomic E-state index is 0.326. The van der Waals surface area contributed by atoms with Crippen molar-refractivity contribution < 1.29 is 4.52 Å². The zero-order valence-corrected chi connectivity index (χ0v) is 11.2. The molecule has 0 radical (unpaired) electrons. The summed E-state index contributed by atoms with van der Waals surface area (Å²) in [4.78, 5) is 12.6. The predicted molar refractivity (Wildman–Crippen MR) is 72.9 cm³/mol. The summed E-state index contributed by atoms with van der Waals surface area (Å²) < 4.78 is 5.97. The first kappa shape index (κ1) is 11.8. The van der Waals surface area contributed by atoms with E-state index in [1.807, 2.05) is 12.1 Å². The summed E-state index contributed by atoms with van der Waals surface area (Å²) >= 11 is 3.39. The Balaban J connectivity index is 2.00. The lowest BCUT2D eigenvalue weighted by Crippen LogP contribution is -1.89. The normalized spacial score (nSPS) is 10.6. The maximum Gasteiger partial charge on any atom is 0.276 e. The summed E-state index contributed by atoms with van der Waals surface area (Å²) in [6.45, 7) is 0. The van der Waals surface area contributed by atoms with Crippen molar-refractivity contribution in [3.05, 3.63) is 41.1 Å². The Kier molecular flexibility index (Phi) is 2.96. The Hall–Kier alpha value is -2.28. The number of hydrogen-bond donors (Lipinski definition) is 1. The van der Waals surface area contributed by atoms with E-state index < -0.39 is 0 Å². The number of nitrogens with zero attached hydrogens (tertiary/aromatic N) is 4. The van der Waals surface area contributed by atoms with Crippen LogP contribution in [0.1, 0.15) is 0 Å². The number of aromatic nitrogens is 4. The van der Waals surface area contributed by atoms with Crippen LogP contribution < -0.4 is 5.73 Å². The molecule has 3 aromatic rings. The van der Waals surface area contributed by atoms with Gasteiger partial charge in [-0.05, 0) is 40.2 Å². The van der Waals surface area contributed by atoms with Crippen LogP contribution in [0, 0.1) is 0 Å². The van der Waals surface area contributed by atoms with E-state index in [2.05, 4.69) is 36.0 Å². The van der Waals surface area contributed by atoms with E-state index in [1.165, 1.54) is 6.20 Å². The van der Waals surface area contributed by atoms with Gasteiger partial charge in [0.1, 0.15) is 11.4 Å². The smallest absolute Gasteiger partial charge is 0.276 e. The van der Waals surface area contributed by atoms with Gasteiger partial charge in [0.15, 0.2) is 0 Å². The van der Waals surface area contributed by atoms with E-state index in [9.17, 15) is 0 Å². The zero-order chi connectivity index (χ0) is 13.2. The van der Waals surface area contributed by atoms with E-state index >= 15 is 0 Å². The van der Waals surface area contributed by atoms with Gasteiger partial charge in [-0.3, -0.25) is 4.98 Å². The average Bonchev–Trinajstić information content (AvgIpc) is 2.89. The average molecular weight is 318 g/mol. The first-order chi connectivity index (χ1) is 9.24. The van der Waals surface area contributed by atoms with Crippen LogP contribution in [0.2, 0.25) is 0 Å². The van der Waals surface area contributed by atoms with Gasteiger partial charge in [-0.2, -0.15) is 4.98 Å². The van der Waals surface area contributed by atoms with Crippen molar-refractivity contribution in [1.82, 2.24) is 20.1 Å². The van der Waals surface area contributed by atoms with Crippen LogP contribution in [0.25, 0.3) is 23.1 Å². The Morgan fingerprint density at radius 1 is 1.16 bits per heavy atom. The predicted octanol–water partition coefficient (Wildman–Crippen LogP) is 2.54. The number of hydrogen-bond acceptors (Lipinski definition) is 6. The molecule has 7 heteroatoms. The number of nitrogen functional groups attached to an aromatic ring is 1. The lowest BCUT2D eigenvalue weighted by atomic mass is 10.3. The maximum absolute atomic E-state index is 5.58. The topological polar surface area (TPSA) is 90.7 Å². The van der Waals surface area contributed by atoms with Crippen molar-refractivity contribution in [3.8, 4) is 23.1 Å². The Bertz CT molecular complexity index is 710. The van der Waals surface area contributed by atoms with Crippen LogP contribution in [-0.4, -0.2) is 20.1 Å². The molecule has 2 N–H and O–H groups in total. The number of rotatable bonds is 2. The quantitative estimate of drug-likeness (QED) is 0.781. The van der Waals surface area contributed by atoms with Gasteiger partial charge in [0, 0.05) is 10.7 Å². The molecule has 0 atom stereocenters. The molecule has 0 saturated carbocycles. The second-order valence-corrected chi connectivity index (χ2v) is 4.59. The monoisotopic (exact) mass is 317 g/mol. The molecule has 6 nitrogen and oxygen atoms in total. The van der Waals surface area contributed by atoms with Crippen molar-refractivity contribution >= 4 is 21.6 Å². The van der Waals surface area contributed by atoms with Gasteiger partial charge < -0.3 is 10.3 Å². The first-order valence-corrected chi connectivity index (χ1v) is 6.20. The molecule has 0 spiro atoms. The van der Waals surface area contributed by atoms with Crippen molar-refractivity contribution in [2.24, 2.45) is 0 Å². The van der Waals surface area contributed by atoms with Crippen LogP contribution in [0.4, 0.5) is 5.69 Å². The van der Waals surface area contributed by atoms with Gasteiger partial charge in [0.05, 0.1) is 11.9 Å². The lowest BCUT2D eigenvalue weighted by molar-refractivity contribution is 0.431. The molecule has 3 aromatic heterocycles. The molecule has 0 aliphatic heterocycles. The Morgan fingerprint density at radius 3 is 2.79 bits per heavy atom. The zero-order valence-electron chi connectivity index (χ0n) is 9.62. The number of pyridine rings is 2. The summed E-state index contributed by atoms with van der Waals surface area (Å²) in [5, 5.41) is 3.90. The molecule has 0 aliphatic carbocycles. The molecule has 94 valence electrons. The van der Waals surface area contributed by atoms with Gasteiger partial charge in [-0.1, -0.05) is 5.16 Å². The lowest BCUT2D eigenvalue weighted by Gasteiger charge is -1.95. The number of nitrogens with two attached hydrogens (primary N) is 1. The fourth-order valence-electron chi connectivity index (χ4n) is 1.51. The van der Waals surface area contributed by atoms with Crippen molar-refractivity contribution in [2.75, 3.05) is 5.73 Å². The molecular formula is C12H8BrN5O. The van der Waals surface area contributed by atoms with E-state index in [0.29, 0.717) is 28.8 Å². The molecule has 3 heterocycles. The molecule has 3 rings (SSSR count). The highest BCUT2D eigenvalue weighted by molar-refractivity contribution is 9.10. The molecule has 0 amide bonds. The third kappa shape index (κ3) is 2.32. The molecule has 0 saturated heterocycles. The van der Waals surface area contributed by atoms with Gasteiger partial charge >= 0.3 is 0 Å². The summed E-state index contributed by atoms with van der Waals surface area (Å²) in [5.74, 6) is 0.730.